The number of benzene rings is 2. The molecule has 0 bridgehead atoms. The number of carbonyl (C=O) groups excluding carboxylic acids is 1. The number of hydrogen-bond donors (Lipinski definition) is 0. The number of amides is 1. The molecule has 6 nitrogen and oxygen atoms in total. The molecule has 0 fully saturated rings. The van der Waals surface area contributed by atoms with Crippen LogP contribution in [-0.4, -0.2) is 28.4 Å². The van der Waals surface area contributed by atoms with Gasteiger partial charge in [-0.3, -0.25) is 14.3 Å². The van der Waals surface area contributed by atoms with Crippen LogP contribution in [0.4, 0.5) is 5.69 Å². The SMILES string of the molecule is Cc1ccc2c(c1)N(C(=O)Cn1c3ccc(C)cc3c(=O)n1C(C)(C)C)CCO2. The zero-order chi connectivity index (χ0) is 20.9. The number of nitrogens with zero attached hydrogens (tertiary/aromatic N) is 3. The molecule has 29 heavy (non-hydrogen) atoms. The maximum Gasteiger partial charge on any atom is 0.275 e. The lowest BCUT2D eigenvalue weighted by atomic mass is 10.1. The maximum absolute atomic E-state index is 13.4. The van der Waals surface area contributed by atoms with Crippen molar-refractivity contribution < 1.29 is 9.53 Å². The Morgan fingerprint density at radius 1 is 1.07 bits per heavy atom. The number of aryl methyl sites for hydroxylation is 2. The quantitative estimate of drug-likeness (QED) is 0.668. The van der Waals surface area contributed by atoms with E-state index < -0.39 is 5.54 Å². The molecule has 0 aliphatic carbocycles. The molecule has 2 heterocycles. The van der Waals surface area contributed by atoms with Gasteiger partial charge in [-0.05, 0) is 64.4 Å². The first-order valence-corrected chi connectivity index (χ1v) is 9.93. The Labute approximate surface area is 170 Å². The van der Waals surface area contributed by atoms with E-state index in [0.29, 0.717) is 18.5 Å². The van der Waals surface area contributed by atoms with Crippen molar-refractivity contribution in [2.45, 2.75) is 46.7 Å². The van der Waals surface area contributed by atoms with Crippen molar-refractivity contribution in [3.63, 3.8) is 0 Å². The number of ether oxygens (including phenoxy) is 1. The summed E-state index contributed by atoms with van der Waals surface area (Å²) < 4.78 is 9.24. The largest absolute Gasteiger partial charge is 0.490 e. The van der Waals surface area contributed by atoms with Gasteiger partial charge in [-0.25, -0.2) is 4.68 Å². The van der Waals surface area contributed by atoms with E-state index in [1.807, 2.05) is 75.7 Å². The molecule has 152 valence electrons. The Balaban J connectivity index is 1.80. The highest BCUT2D eigenvalue weighted by molar-refractivity contribution is 5.96. The van der Waals surface area contributed by atoms with Crippen molar-refractivity contribution >= 4 is 22.5 Å². The first-order valence-electron chi connectivity index (χ1n) is 9.93. The number of anilines is 1. The van der Waals surface area contributed by atoms with Gasteiger partial charge in [-0.1, -0.05) is 17.7 Å². The minimum absolute atomic E-state index is 0.0596. The molecule has 3 aromatic rings. The summed E-state index contributed by atoms with van der Waals surface area (Å²) in [6.07, 6.45) is 0. The second-order valence-corrected chi connectivity index (χ2v) is 8.73. The lowest BCUT2D eigenvalue weighted by Crippen LogP contribution is -2.43. The highest BCUT2D eigenvalue weighted by Crippen LogP contribution is 2.32. The van der Waals surface area contributed by atoms with Crippen LogP contribution in [0, 0.1) is 13.8 Å². The smallest absolute Gasteiger partial charge is 0.275 e. The number of rotatable bonds is 2. The van der Waals surface area contributed by atoms with Crippen molar-refractivity contribution in [2.24, 2.45) is 0 Å². The molecule has 0 unspecified atom stereocenters. The Hall–Kier alpha value is -3.02. The van der Waals surface area contributed by atoms with E-state index in [1.54, 1.807) is 9.58 Å². The van der Waals surface area contributed by atoms with Crippen molar-refractivity contribution in [3.05, 3.63) is 57.9 Å². The predicted molar refractivity (Wildman–Crippen MR) is 115 cm³/mol. The summed E-state index contributed by atoms with van der Waals surface area (Å²) in [6, 6.07) is 11.7. The Kier molecular flexibility index (Phi) is 4.52. The van der Waals surface area contributed by atoms with Gasteiger partial charge in [0.15, 0.2) is 0 Å². The average Bonchev–Trinajstić information content (AvgIpc) is 2.92. The van der Waals surface area contributed by atoms with Gasteiger partial charge < -0.3 is 9.64 Å². The summed E-state index contributed by atoms with van der Waals surface area (Å²) in [7, 11) is 0. The van der Waals surface area contributed by atoms with E-state index in [4.69, 9.17) is 4.74 Å². The van der Waals surface area contributed by atoms with E-state index in [-0.39, 0.29) is 18.0 Å². The number of fused-ring (bicyclic) bond motifs is 2. The van der Waals surface area contributed by atoms with Gasteiger partial charge >= 0.3 is 0 Å². The monoisotopic (exact) mass is 393 g/mol. The van der Waals surface area contributed by atoms with Gasteiger partial charge in [0.25, 0.3) is 5.56 Å². The standard InChI is InChI=1S/C23H27N3O3/c1-15-6-8-18-17(12-15)22(28)26(23(3,4)5)25(18)14-21(27)24-10-11-29-20-9-7-16(2)13-19(20)24/h6-9,12-13H,10-11,14H2,1-5H3. The molecule has 2 aromatic carbocycles. The van der Waals surface area contributed by atoms with Gasteiger partial charge in [0.1, 0.15) is 18.9 Å². The fourth-order valence-electron chi connectivity index (χ4n) is 4.00. The highest BCUT2D eigenvalue weighted by Gasteiger charge is 2.28. The molecule has 0 atom stereocenters. The third-order valence-corrected chi connectivity index (χ3v) is 5.29. The first kappa shape index (κ1) is 19.3. The van der Waals surface area contributed by atoms with E-state index in [2.05, 4.69) is 0 Å². The zero-order valence-corrected chi connectivity index (χ0v) is 17.7. The molecule has 1 aliphatic rings. The van der Waals surface area contributed by atoms with Gasteiger partial charge in [-0.2, -0.15) is 0 Å². The van der Waals surface area contributed by atoms with Gasteiger partial charge in [0.05, 0.1) is 28.7 Å². The molecule has 1 aromatic heterocycles. The first-order chi connectivity index (χ1) is 13.7. The zero-order valence-electron chi connectivity index (χ0n) is 17.7. The summed E-state index contributed by atoms with van der Waals surface area (Å²) in [6.45, 7) is 10.9. The fraction of sp³-hybridized carbons (Fsp3) is 0.391. The Morgan fingerprint density at radius 3 is 2.48 bits per heavy atom. The minimum atomic E-state index is -0.455. The molecule has 0 saturated carbocycles. The summed E-state index contributed by atoms with van der Waals surface area (Å²) in [5, 5.41) is 0.644. The lowest BCUT2D eigenvalue weighted by Gasteiger charge is -2.31. The van der Waals surface area contributed by atoms with Crippen LogP contribution in [0.15, 0.2) is 41.2 Å². The van der Waals surface area contributed by atoms with Crippen LogP contribution in [-0.2, 0) is 16.9 Å². The molecule has 0 N–H and O–H groups in total. The van der Waals surface area contributed by atoms with Crippen molar-refractivity contribution in [1.82, 2.24) is 9.36 Å². The Morgan fingerprint density at radius 2 is 1.76 bits per heavy atom. The van der Waals surface area contributed by atoms with E-state index in [9.17, 15) is 9.59 Å². The van der Waals surface area contributed by atoms with Crippen LogP contribution in [0.1, 0.15) is 31.9 Å². The fourth-order valence-corrected chi connectivity index (χ4v) is 4.00. The van der Waals surface area contributed by atoms with Crippen molar-refractivity contribution in [1.29, 1.82) is 0 Å². The highest BCUT2D eigenvalue weighted by atomic mass is 16.5. The van der Waals surface area contributed by atoms with Crippen LogP contribution < -0.4 is 15.2 Å². The van der Waals surface area contributed by atoms with Crippen LogP contribution in [0.2, 0.25) is 0 Å². The summed E-state index contributed by atoms with van der Waals surface area (Å²) in [4.78, 5) is 28.3. The van der Waals surface area contributed by atoms with Crippen molar-refractivity contribution in [2.75, 3.05) is 18.1 Å². The maximum atomic E-state index is 13.4. The molecule has 1 aliphatic heterocycles. The predicted octanol–water partition coefficient (Wildman–Crippen LogP) is 3.60. The number of carbonyl (C=O) groups is 1. The lowest BCUT2D eigenvalue weighted by molar-refractivity contribution is -0.119. The third-order valence-electron chi connectivity index (χ3n) is 5.29. The van der Waals surface area contributed by atoms with E-state index in [1.165, 1.54) is 0 Å². The summed E-state index contributed by atoms with van der Waals surface area (Å²) in [5.74, 6) is 0.659. The second-order valence-electron chi connectivity index (χ2n) is 8.73. The van der Waals surface area contributed by atoms with Gasteiger partial charge in [0.2, 0.25) is 5.91 Å². The van der Waals surface area contributed by atoms with Gasteiger partial charge in [-0.15, -0.1) is 0 Å². The van der Waals surface area contributed by atoms with Crippen molar-refractivity contribution in [3.8, 4) is 5.75 Å². The van der Waals surface area contributed by atoms with Crippen LogP contribution in [0.5, 0.6) is 5.75 Å². The molecule has 6 heteroatoms. The van der Waals surface area contributed by atoms with Gasteiger partial charge in [0, 0.05) is 0 Å². The molecule has 1 amide bonds. The Bertz CT molecular complexity index is 1160. The van der Waals surface area contributed by atoms with Crippen LogP contribution in [0.25, 0.3) is 10.9 Å². The topological polar surface area (TPSA) is 56.5 Å². The van der Waals surface area contributed by atoms with Crippen LogP contribution in [0.3, 0.4) is 0 Å². The molecule has 0 spiro atoms. The van der Waals surface area contributed by atoms with E-state index in [0.717, 1.165) is 28.1 Å². The summed E-state index contributed by atoms with van der Waals surface area (Å²) >= 11 is 0. The molecular formula is C23H27N3O3. The number of aromatic nitrogens is 2. The normalized spacial score (nSPS) is 14.0. The summed E-state index contributed by atoms with van der Waals surface area (Å²) in [5.41, 5.74) is 3.14. The second kappa shape index (κ2) is 6.79. The van der Waals surface area contributed by atoms with Crippen LogP contribution >= 0.6 is 0 Å². The average molecular weight is 393 g/mol. The third kappa shape index (κ3) is 3.33. The molecule has 0 saturated heterocycles. The number of hydrogen-bond acceptors (Lipinski definition) is 3. The molecule has 4 rings (SSSR count). The minimum Gasteiger partial charge on any atom is -0.490 e. The van der Waals surface area contributed by atoms with E-state index >= 15 is 0 Å². The molecular weight excluding hydrogens is 366 g/mol. The molecule has 0 radical (unpaired) electrons.